The van der Waals surface area contributed by atoms with Gasteiger partial charge in [0.2, 0.25) is 11.8 Å². The number of amides is 4. The minimum Gasteiger partial charge on any atom is -0.493 e. The molecule has 1 aliphatic heterocycles. The fourth-order valence-electron chi connectivity index (χ4n) is 4.37. The molecule has 1 aliphatic rings. The van der Waals surface area contributed by atoms with E-state index in [1.807, 2.05) is 0 Å². The van der Waals surface area contributed by atoms with E-state index in [0.29, 0.717) is 45.3 Å². The van der Waals surface area contributed by atoms with Crippen molar-refractivity contribution >= 4 is 40.1 Å². The zero-order valence-electron chi connectivity index (χ0n) is 22.3. The van der Waals surface area contributed by atoms with Gasteiger partial charge in [-0.05, 0) is 48.5 Å². The van der Waals surface area contributed by atoms with Crippen LogP contribution in [0.2, 0.25) is 0 Å². The number of imide groups is 1. The summed E-state index contributed by atoms with van der Waals surface area (Å²) in [5, 5.41) is 5.89. The van der Waals surface area contributed by atoms with Crippen molar-refractivity contribution in [2.45, 2.75) is 0 Å². The number of carbonyl (C=O) groups excluding carboxylic acids is 3. The van der Waals surface area contributed by atoms with E-state index in [2.05, 4.69) is 15.6 Å². The number of carbonyl (C=O) groups is 3. The van der Waals surface area contributed by atoms with E-state index in [9.17, 15) is 18.8 Å². The number of methoxy groups -OCH3 is 3. The van der Waals surface area contributed by atoms with E-state index in [0.717, 1.165) is 17.0 Å². The molecule has 1 unspecified atom stereocenters. The molecule has 4 amide bonds. The van der Waals surface area contributed by atoms with E-state index in [-0.39, 0.29) is 12.2 Å². The van der Waals surface area contributed by atoms with E-state index < -0.39 is 29.6 Å². The number of nitrogens with zero attached hydrogens (tertiary/aromatic N) is 2. The second kappa shape index (κ2) is 11.4. The van der Waals surface area contributed by atoms with Crippen molar-refractivity contribution in [1.82, 2.24) is 10.3 Å². The Morgan fingerprint density at radius 2 is 1.59 bits per heavy atom. The first-order valence-electron chi connectivity index (χ1n) is 12.4. The SMILES string of the molecule is COc1cc2nccc(Oc3ccc(NC(=O)C4CNC(=O)N(c5ccc(F)cc5)C4=O)cc3OC)c2cc1OC. The Morgan fingerprint density at radius 3 is 2.29 bits per heavy atom. The molecule has 1 saturated heterocycles. The number of rotatable bonds is 8. The number of fused-ring (bicyclic) bond motifs is 1. The number of hydrogen-bond acceptors (Lipinski definition) is 8. The van der Waals surface area contributed by atoms with Crippen LogP contribution in [0.1, 0.15) is 0 Å². The molecule has 1 fully saturated rings. The summed E-state index contributed by atoms with van der Waals surface area (Å²) in [6.07, 6.45) is 1.60. The van der Waals surface area contributed by atoms with Gasteiger partial charge in [0, 0.05) is 35.9 Å². The molecule has 0 bridgehead atoms. The fraction of sp³-hybridized carbons (Fsp3) is 0.172. The van der Waals surface area contributed by atoms with Crippen LogP contribution in [0.4, 0.5) is 20.6 Å². The highest BCUT2D eigenvalue weighted by atomic mass is 19.1. The zero-order valence-corrected chi connectivity index (χ0v) is 22.3. The number of nitrogens with one attached hydrogen (secondary N) is 2. The fourth-order valence-corrected chi connectivity index (χ4v) is 4.37. The van der Waals surface area contributed by atoms with Crippen molar-refractivity contribution in [3.63, 3.8) is 0 Å². The molecular formula is C29H25FN4O7. The third kappa shape index (κ3) is 5.39. The summed E-state index contributed by atoms with van der Waals surface area (Å²) < 4.78 is 35.8. The Hall–Kier alpha value is -5.39. The highest BCUT2D eigenvalue weighted by Crippen LogP contribution is 2.39. The van der Waals surface area contributed by atoms with Gasteiger partial charge in [0.15, 0.2) is 23.0 Å². The molecule has 0 aliphatic carbocycles. The monoisotopic (exact) mass is 560 g/mol. The predicted octanol–water partition coefficient (Wildman–Crippen LogP) is 4.50. The second-order valence-electron chi connectivity index (χ2n) is 8.88. The van der Waals surface area contributed by atoms with Gasteiger partial charge in [-0.25, -0.2) is 14.1 Å². The molecule has 5 rings (SSSR count). The molecule has 11 nitrogen and oxygen atoms in total. The first-order valence-corrected chi connectivity index (χ1v) is 12.4. The number of ether oxygens (including phenoxy) is 4. The maximum atomic E-state index is 13.3. The van der Waals surface area contributed by atoms with Crippen LogP contribution in [-0.4, -0.2) is 50.7 Å². The van der Waals surface area contributed by atoms with Crippen LogP contribution in [-0.2, 0) is 9.59 Å². The summed E-state index contributed by atoms with van der Waals surface area (Å²) in [7, 11) is 4.52. The van der Waals surface area contributed by atoms with E-state index in [1.165, 1.54) is 33.5 Å². The number of anilines is 2. The first-order chi connectivity index (χ1) is 19.8. The van der Waals surface area contributed by atoms with Gasteiger partial charge in [-0.15, -0.1) is 0 Å². The molecule has 2 N–H and O–H groups in total. The van der Waals surface area contributed by atoms with Gasteiger partial charge in [0.05, 0.1) is 32.5 Å². The first kappa shape index (κ1) is 27.2. The number of benzene rings is 3. The lowest BCUT2D eigenvalue weighted by Crippen LogP contribution is -2.58. The van der Waals surface area contributed by atoms with E-state index in [1.54, 1.807) is 42.6 Å². The topological polar surface area (TPSA) is 128 Å². The minimum atomic E-state index is -1.21. The molecule has 0 spiro atoms. The average Bonchev–Trinajstić information content (AvgIpc) is 2.98. The van der Waals surface area contributed by atoms with Crippen LogP contribution < -0.4 is 34.5 Å². The standard InChI is InChI=1S/C29H25FN4O7/c1-38-24-12-17(33-27(35)20-15-32-29(37)34(28(20)36)18-7-4-16(30)5-8-18)6-9-23(24)41-22-10-11-31-21-14-26(40-3)25(39-2)13-19(21)22/h4-14,20H,15H2,1-3H3,(H,32,37)(H,33,35). The number of halogens is 1. The highest BCUT2D eigenvalue weighted by molar-refractivity contribution is 6.23. The minimum absolute atomic E-state index is 0.147. The lowest BCUT2D eigenvalue weighted by Gasteiger charge is -2.30. The molecule has 12 heteroatoms. The summed E-state index contributed by atoms with van der Waals surface area (Å²) in [4.78, 5) is 43.7. The van der Waals surface area contributed by atoms with Crippen LogP contribution in [0.15, 0.2) is 66.9 Å². The summed E-state index contributed by atoms with van der Waals surface area (Å²) in [5.41, 5.74) is 1.11. The summed E-state index contributed by atoms with van der Waals surface area (Å²) in [6.45, 7) is -0.192. The van der Waals surface area contributed by atoms with Gasteiger partial charge in [-0.2, -0.15) is 0 Å². The van der Waals surface area contributed by atoms with Crippen molar-refractivity contribution in [3.05, 3.63) is 72.7 Å². The molecule has 1 aromatic heterocycles. The molecular weight excluding hydrogens is 535 g/mol. The van der Waals surface area contributed by atoms with Crippen LogP contribution in [0, 0.1) is 11.7 Å². The van der Waals surface area contributed by atoms with Gasteiger partial charge < -0.3 is 29.6 Å². The quantitative estimate of drug-likeness (QED) is 0.302. The summed E-state index contributed by atoms with van der Waals surface area (Å²) in [5.74, 6) is -0.925. The number of aromatic nitrogens is 1. The Kier molecular flexibility index (Phi) is 7.55. The van der Waals surface area contributed by atoms with Crippen LogP contribution in [0.3, 0.4) is 0 Å². The third-order valence-electron chi connectivity index (χ3n) is 6.44. The summed E-state index contributed by atoms with van der Waals surface area (Å²) in [6, 6.07) is 14.1. The van der Waals surface area contributed by atoms with Crippen molar-refractivity contribution in [3.8, 4) is 28.7 Å². The highest BCUT2D eigenvalue weighted by Gasteiger charge is 2.39. The number of hydrogen-bond donors (Lipinski definition) is 2. The zero-order chi connectivity index (χ0) is 29.1. The van der Waals surface area contributed by atoms with Crippen molar-refractivity contribution in [1.29, 1.82) is 0 Å². The molecule has 41 heavy (non-hydrogen) atoms. The molecule has 0 radical (unpaired) electrons. The van der Waals surface area contributed by atoms with Crippen molar-refractivity contribution in [2.75, 3.05) is 38.1 Å². The van der Waals surface area contributed by atoms with Gasteiger partial charge in [0.25, 0.3) is 0 Å². The third-order valence-corrected chi connectivity index (χ3v) is 6.44. The van der Waals surface area contributed by atoms with Crippen LogP contribution >= 0.6 is 0 Å². The molecule has 1 atom stereocenters. The molecule has 2 heterocycles. The average molecular weight is 561 g/mol. The smallest absolute Gasteiger partial charge is 0.328 e. The van der Waals surface area contributed by atoms with Crippen molar-refractivity contribution < 1.29 is 37.7 Å². The maximum absolute atomic E-state index is 13.3. The molecule has 0 saturated carbocycles. The molecule has 4 aromatic rings. The van der Waals surface area contributed by atoms with Crippen LogP contribution in [0.5, 0.6) is 28.7 Å². The second-order valence-corrected chi connectivity index (χ2v) is 8.88. The number of urea groups is 1. The van der Waals surface area contributed by atoms with E-state index in [4.69, 9.17) is 18.9 Å². The normalized spacial score (nSPS) is 14.8. The van der Waals surface area contributed by atoms with E-state index >= 15 is 0 Å². The van der Waals surface area contributed by atoms with Gasteiger partial charge >= 0.3 is 6.03 Å². The lowest BCUT2D eigenvalue weighted by molar-refractivity contribution is -0.130. The summed E-state index contributed by atoms with van der Waals surface area (Å²) >= 11 is 0. The Balaban J connectivity index is 1.36. The van der Waals surface area contributed by atoms with Crippen LogP contribution in [0.25, 0.3) is 10.9 Å². The molecule has 210 valence electrons. The Labute approximate surface area is 233 Å². The Bertz CT molecular complexity index is 1640. The lowest BCUT2D eigenvalue weighted by atomic mass is 10.0. The van der Waals surface area contributed by atoms with Gasteiger partial charge in [0.1, 0.15) is 17.5 Å². The van der Waals surface area contributed by atoms with Gasteiger partial charge in [-0.1, -0.05) is 0 Å². The molecule has 3 aromatic carbocycles. The largest absolute Gasteiger partial charge is 0.493 e. The van der Waals surface area contributed by atoms with Gasteiger partial charge in [-0.3, -0.25) is 14.6 Å². The Morgan fingerprint density at radius 1 is 0.902 bits per heavy atom. The van der Waals surface area contributed by atoms with Crippen molar-refractivity contribution in [2.24, 2.45) is 5.92 Å². The maximum Gasteiger partial charge on any atom is 0.328 e. The predicted molar refractivity (Wildman–Crippen MR) is 147 cm³/mol. The number of pyridine rings is 1.